The Labute approximate surface area is 363 Å². The van der Waals surface area contributed by atoms with Crippen molar-refractivity contribution in [1.29, 1.82) is 0 Å². The Morgan fingerprint density at radius 2 is 1.40 bits per heavy atom. The molecule has 0 spiro atoms. The van der Waals surface area contributed by atoms with Crippen LogP contribution in [0.5, 0.6) is 0 Å². The number of hydrogen-bond donors (Lipinski definition) is 1. The fourth-order valence-corrected chi connectivity index (χ4v) is 15.6. The van der Waals surface area contributed by atoms with Gasteiger partial charge in [0.2, 0.25) is 0 Å². The zero-order chi connectivity index (χ0) is 43.8. The summed E-state index contributed by atoms with van der Waals surface area (Å²) in [5, 5.41) is 3.57. The van der Waals surface area contributed by atoms with E-state index in [4.69, 9.17) is 9.47 Å². The van der Waals surface area contributed by atoms with Gasteiger partial charge >= 0.3 is 12.2 Å². The van der Waals surface area contributed by atoms with Gasteiger partial charge in [0.1, 0.15) is 0 Å². The minimum absolute atomic E-state index is 0.0653. The first kappa shape index (κ1) is 41.7. The maximum Gasteiger partial charge on any atom is 0.411 e. The van der Waals surface area contributed by atoms with Gasteiger partial charge in [-0.1, -0.05) is 98.3 Å². The van der Waals surface area contributed by atoms with Crippen molar-refractivity contribution in [2.24, 2.45) is 17.3 Å². The van der Waals surface area contributed by atoms with Crippen LogP contribution >= 0.6 is 0 Å². The van der Waals surface area contributed by atoms with E-state index in [1.807, 2.05) is 48.5 Å². The van der Waals surface area contributed by atoms with Crippen molar-refractivity contribution < 1.29 is 35.9 Å². The van der Waals surface area contributed by atoms with Crippen molar-refractivity contribution in [3.63, 3.8) is 0 Å². The molecule has 2 aliphatic carbocycles. The average Bonchev–Trinajstić information content (AvgIpc) is 3.92. The minimum atomic E-state index is -4.44. The third-order valence-electron chi connectivity index (χ3n) is 13.8. The topological polar surface area (TPSA) is 144 Å². The summed E-state index contributed by atoms with van der Waals surface area (Å²) in [5.41, 5.74) is 0.453. The first-order valence-corrected chi connectivity index (χ1v) is 24.2. The van der Waals surface area contributed by atoms with Crippen LogP contribution in [-0.4, -0.2) is 69.9 Å². The van der Waals surface area contributed by atoms with Crippen molar-refractivity contribution in [2.45, 2.75) is 80.7 Å². The third-order valence-corrected chi connectivity index (χ3v) is 17.4. The number of hydrogen-bond acceptors (Lipinski definition) is 8. The molecule has 0 unspecified atom stereocenters. The Hall–Kier alpha value is -5.60. The zero-order valence-corrected chi connectivity index (χ0v) is 37.2. The molecule has 0 bridgehead atoms. The zero-order valence-electron chi connectivity index (χ0n) is 35.6. The van der Waals surface area contributed by atoms with Crippen LogP contribution in [0.15, 0.2) is 131 Å². The molecule has 1 saturated heterocycles. The second-order valence-electron chi connectivity index (χ2n) is 17.5. The molecular weight excluding hydrogens is 825 g/mol. The number of likely N-dealkylation sites (tertiary alicyclic amines) is 1. The Balaban J connectivity index is 1.46. The second-order valence-corrected chi connectivity index (χ2v) is 21.0. The highest BCUT2D eigenvalue weighted by atomic mass is 32.2. The summed E-state index contributed by atoms with van der Waals surface area (Å²) < 4.78 is 77.0. The molecule has 324 valence electrons. The van der Waals surface area contributed by atoms with E-state index < -0.39 is 66.5 Å². The lowest BCUT2D eigenvalue weighted by molar-refractivity contribution is 0.0408. The van der Waals surface area contributed by atoms with Crippen LogP contribution in [0.4, 0.5) is 15.3 Å². The predicted octanol–water partition coefficient (Wildman–Crippen LogP) is 8.58. The summed E-state index contributed by atoms with van der Waals surface area (Å²) in [5.74, 6) is -1.80. The molecule has 4 aliphatic rings. The predicted molar refractivity (Wildman–Crippen MR) is 237 cm³/mol. The number of nitrogens with zero attached hydrogens (tertiary/aromatic N) is 3. The van der Waals surface area contributed by atoms with Gasteiger partial charge in [-0.3, -0.25) is 4.90 Å². The average molecular weight is 877 g/mol. The highest BCUT2D eigenvalue weighted by molar-refractivity contribution is 7.93. The van der Waals surface area contributed by atoms with Gasteiger partial charge < -0.3 is 14.8 Å². The van der Waals surface area contributed by atoms with Crippen molar-refractivity contribution in [3.05, 3.63) is 138 Å². The van der Waals surface area contributed by atoms with Gasteiger partial charge in [0, 0.05) is 36.0 Å². The number of aromatic nitrogens is 1. The molecule has 3 heterocycles. The van der Waals surface area contributed by atoms with Gasteiger partial charge in [0.25, 0.3) is 20.0 Å². The van der Waals surface area contributed by atoms with Crippen molar-refractivity contribution in [2.75, 3.05) is 30.6 Å². The van der Waals surface area contributed by atoms with Crippen molar-refractivity contribution in [1.82, 2.24) is 14.2 Å². The summed E-state index contributed by atoms with van der Waals surface area (Å²) in [6, 6.07) is 31.5. The number of carbonyl (C=O) groups excluding carboxylic acids is 2. The molecule has 0 radical (unpaired) electrons. The Morgan fingerprint density at radius 1 is 0.790 bits per heavy atom. The molecule has 2 amide bonds. The Morgan fingerprint density at radius 3 is 2.08 bits per heavy atom. The molecule has 1 saturated carbocycles. The SMILES string of the molecule is CCOC(=O)NCCc1c([C@H]2[C@H]3[C@H](C=C(C)CC3(C)C)[C@]34N(C(=O)OCC)CC[C@]23c2ccccc2N4S(=O)(=O)c2ccccc2)n(S(=O)(=O)c2ccccc2)c2ccccc12. The first-order valence-electron chi connectivity index (χ1n) is 21.3. The molecule has 2 fully saturated rings. The third kappa shape index (κ3) is 5.74. The van der Waals surface area contributed by atoms with Crippen molar-refractivity contribution in [3.8, 4) is 0 Å². The van der Waals surface area contributed by atoms with E-state index in [0.717, 1.165) is 11.1 Å². The number of para-hydroxylation sites is 2. The summed E-state index contributed by atoms with van der Waals surface area (Å²) in [7, 11) is -8.80. The number of nitrogens with one attached hydrogen (secondary N) is 1. The number of carbonyl (C=O) groups is 2. The largest absolute Gasteiger partial charge is 0.450 e. The molecule has 5 aromatic rings. The fraction of sp³-hybridized carbons (Fsp3) is 0.375. The molecule has 12 nitrogen and oxygen atoms in total. The van der Waals surface area contributed by atoms with E-state index in [0.29, 0.717) is 40.7 Å². The van der Waals surface area contributed by atoms with E-state index >= 15 is 16.8 Å². The van der Waals surface area contributed by atoms with Gasteiger partial charge in [-0.2, -0.15) is 0 Å². The van der Waals surface area contributed by atoms with E-state index in [1.54, 1.807) is 79.4 Å². The highest BCUT2D eigenvalue weighted by Crippen LogP contribution is 2.78. The normalized spacial score (nSPS) is 24.8. The molecule has 1 aromatic heterocycles. The van der Waals surface area contributed by atoms with E-state index in [1.165, 1.54) is 8.28 Å². The molecular formula is C48H52N4O8S2. The molecule has 9 rings (SSSR count). The number of amides is 2. The summed E-state index contributed by atoms with van der Waals surface area (Å²) in [6.07, 6.45) is 2.11. The lowest BCUT2D eigenvalue weighted by Gasteiger charge is -2.51. The Kier molecular flexibility index (Phi) is 10.1. The van der Waals surface area contributed by atoms with Crippen LogP contribution in [0.25, 0.3) is 10.9 Å². The van der Waals surface area contributed by atoms with Crippen LogP contribution in [-0.2, 0) is 41.4 Å². The number of benzene rings is 4. The Bertz CT molecular complexity index is 2840. The number of alkyl carbamates (subject to hydrolysis) is 1. The quantitative estimate of drug-likeness (QED) is 0.138. The first-order chi connectivity index (χ1) is 29.7. The molecule has 4 aromatic carbocycles. The molecule has 2 aliphatic heterocycles. The molecule has 14 heteroatoms. The summed E-state index contributed by atoms with van der Waals surface area (Å²) in [6.45, 7) is 10.4. The summed E-state index contributed by atoms with van der Waals surface area (Å²) >= 11 is 0. The molecule has 62 heavy (non-hydrogen) atoms. The van der Waals surface area contributed by atoms with Gasteiger partial charge in [-0.05, 0) is 98.9 Å². The van der Waals surface area contributed by atoms with Gasteiger partial charge in [0.05, 0.1) is 39.6 Å². The lowest BCUT2D eigenvalue weighted by atomic mass is 9.59. The fourth-order valence-electron chi connectivity index (χ4n) is 12.2. The van der Waals surface area contributed by atoms with Gasteiger partial charge in [0.15, 0.2) is 5.66 Å². The van der Waals surface area contributed by atoms with Crippen molar-refractivity contribution >= 4 is 48.8 Å². The molecule has 5 atom stereocenters. The van der Waals surface area contributed by atoms with Crippen LogP contribution in [0.1, 0.15) is 70.2 Å². The van der Waals surface area contributed by atoms with Crippen LogP contribution in [0.2, 0.25) is 0 Å². The highest BCUT2D eigenvalue weighted by Gasteiger charge is 2.84. The number of ether oxygens (including phenoxy) is 2. The smallest absolute Gasteiger partial charge is 0.411 e. The number of allylic oxidation sites excluding steroid dienone is 1. The van der Waals surface area contributed by atoms with Gasteiger partial charge in [-0.15, -0.1) is 0 Å². The lowest BCUT2D eigenvalue weighted by Crippen LogP contribution is -2.68. The number of fused-ring (bicyclic) bond motifs is 3. The van der Waals surface area contributed by atoms with Crippen LogP contribution in [0, 0.1) is 17.3 Å². The summed E-state index contributed by atoms with van der Waals surface area (Å²) in [4.78, 5) is 29.4. The maximum atomic E-state index is 15.8. The number of rotatable bonds is 10. The number of anilines is 1. The van der Waals surface area contributed by atoms with Crippen LogP contribution < -0.4 is 9.62 Å². The van der Waals surface area contributed by atoms with Gasteiger partial charge in [-0.25, -0.2) is 34.7 Å². The van der Waals surface area contributed by atoms with Crippen LogP contribution in [0.3, 0.4) is 0 Å². The monoisotopic (exact) mass is 876 g/mol. The second kappa shape index (κ2) is 15.0. The van der Waals surface area contributed by atoms with E-state index in [-0.39, 0.29) is 42.5 Å². The molecule has 1 N–H and O–H groups in total. The van der Waals surface area contributed by atoms with E-state index in [9.17, 15) is 9.59 Å². The standard InChI is InChI=1S/C48H52N4O8S2/c1-6-59-44(53)49-28-26-36-35-22-14-16-24-39(35)51(61(55,56)33-18-10-8-11-19-33)43(36)42-41-38(30-32(3)31-46(41,4)5)48-47(42,27-29-50(48)45(54)60-7-2)37-23-15-17-25-40(37)52(48)62(57,58)34-20-12-9-13-21-34/h8-25,30,38,41-42H,6-7,26-29,31H2,1-5H3,(H,49,53)/t38-,41+,42+,47-,48+/m0/s1. The minimum Gasteiger partial charge on any atom is -0.450 e. The maximum absolute atomic E-state index is 15.8. The van der Waals surface area contributed by atoms with E-state index in [2.05, 4.69) is 32.2 Å². The number of sulfonamides is 1.